The lowest BCUT2D eigenvalue weighted by Crippen LogP contribution is -2.30. The number of carbonyl (C=O) groups is 1. The lowest BCUT2D eigenvalue weighted by Gasteiger charge is -2.15. The van der Waals surface area contributed by atoms with Crippen LogP contribution >= 0.6 is 0 Å². The molecule has 3 rings (SSSR count). The molecule has 0 aliphatic heterocycles. The summed E-state index contributed by atoms with van der Waals surface area (Å²) in [4.78, 5) is 12.1. The number of carbonyl (C=O) groups excluding carboxylic acids is 1. The van der Waals surface area contributed by atoms with Crippen LogP contribution in [0, 0.1) is 5.41 Å². The molecule has 0 aromatic heterocycles. The van der Waals surface area contributed by atoms with Crippen LogP contribution in [0.5, 0.6) is 5.75 Å². The van der Waals surface area contributed by atoms with Crippen molar-refractivity contribution in [2.75, 3.05) is 11.9 Å². The Kier molecular flexibility index (Phi) is 3.66. The zero-order valence-corrected chi connectivity index (χ0v) is 11.7. The van der Waals surface area contributed by atoms with Crippen LogP contribution in [0.2, 0.25) is 0 Å². The fraction of sp³-hybridized carbons (Fsp3) is 0.562. The van der Waals surface area contributed by atoms with Gasteiger partial charge in [0.15, 0.2) is 0 Å². The minimum atomic E-state index is -0.307. The highest BCUT2D eigenvalue weighted by Crippen LogP contribution is 2.45. The molecule has 0 unspecified atom stereocenters. The van der Waals surface area contributed by atoms with Gasteiger partial charge in [-0.3, -0.25) is 4.79 Å². The summed E-state index contributed by atoms with van der Waals surface area (Å²) in [6.07, 6.45) is 6.99. The average molecular weight is 274 g/mol. The SMILES string of the molecule is NCC1(C(=O)Nc2ccc(OC3CCCC3)cc2)CC1. The molecule has 2 aliphatic carbocycles. The third kappa shape index (κ3) is 2.80. The fourth-order valence-corrected chi connectivity index (χ4v) is 2.75. The topological polar surface area (TPSA) is 64.4 Å². The molecule has 0 saturated heterocycles. The first-order valence-electron chi connectivity index (χ1n) is 7.50. The first-order valence-corrected chi connectivity index (χ1v) is 7.50. The number of rotatable bonds is 5. The molecule has 20 heavy (non-hydrogen) atoms. The molecule has 1 aromatic carbocycles. The van der Waals surface area contributed by atoms with E-state index < -0.39 is 0 Å². The normalized spacial score (nSPS) is 20.6. The number of nitrogens with two attached hydrogens (primary N) is 1. The molecule has 0 spiro atoms. The largest absolute Gasteiger partial charge is 0.490 e. The summed E-state index contributed by atoms with van der Waals surface area (Å²) in [6, 6.07) is 7.65. The summed E-state index contributed by atoms with van der Waals surface area (Å²) in [5.41, 5.74) is 6.16. The van der Waals surface area contributed by atoms with Crippen molar-refractivity contribution in [3.05, 3.63) is 24.3 Å². The van der Waals surface area contributed by atoms with Crippen LogP contribution < -0.4 is 15.8 Å². The summed E-state index contributed by atoms with van der Waals surface area (Å²) in [6.45, 7) is 0.432. The summed E-state index contributed by atoms with van der Waals surface area (Å²) in [5.74, 6) is 0.930. The number of nitrogens with one attached hydrogen (secondary N) is 1. The maximum absolute atomic E-state index is 12.1. The van der Waals surface area contributed by atoms with E-state index in [2.05, 4.69) is 5.32 Å². The fourth-order valence-electron chi connectivity index (χ4n) is 2.75. The van der Waals surface area contributed by atoms with Gasteiger partial charge in [0.1, 0.15) is 5.75 Å². The van der Waals surface area contributed by atoms with E-state index in [1.54, 1.807) is 0 Å². The van der Waals surface area contributed by atoms with Gasteiger partial charge >= 0.3 is 0 Å². The molecule has 3 N–H and O–H groups in total. The van der Waals surface area contributed by atoms with E-state index in [1.165, 1.54) is 12.8 Å². The molecule has 2 fully saturated rings. The Morgan fingerprint density at radius 2 is 1.90 bits per heavy atom. The number of hydrogen-bond acceptors (Lipinski definition) is 3. The maximum Gasteiger partial charge on any atom is 0.231 e. The van der Waals surface area contributed by atoms with Crippen molar-refractivity contribution >= 4 is 11.6 Å². The Labute approximate surface area is 119 Å². The lowest BCUT2D eigenvalue weighted by atomic mass is 10.1. The van der Waals surface area contributed by atoms with Gasteiger partial charge in [0.2, 0.25) is 5.91 Å². The number of benzene rings is 1. The Morgan fingerprint density at radius 3 is 2.45 bits per heavy atom. The minimum Gasteiger partial charge on any atom is -0.490 e. The summed E-state index contributed by atoms with van der Waals surface area (Å²) in [5, 5.41) is 2.94. The van der Waals surface area contributed by atoms with Crippen molar-refractivity contribution in [1.82, 2.24) is 0 Å². The molecule has 2 saturated carbocycles. The van der Waals surface area contributed by atoms with Crippen LogP contribution in [0.25, 0.3) is 0 Å². The van der Waals surface area contributed by atoms with E-state index in [1.807, 2.05) is 24.3 Å². The standard InChI is InChI=1S/C16H22N2O2/c17-11-16(9-10-16)15(19)18-12-5-7-14(8-6-12)20-13-3-1-2-4-13/h5-8,13H,1-4,9-11,17H2,(H,18,19). The number of hydrogen-bond donors (Lipinski definition) is 2. The smallest absolute Gasteiger partial charge is 0.231 e. The molecular weight excluding hydrogens is 252 g/mol. The molecule has 0 heterocycles. The minimum absolute atomic E-state index is 0.0458. The Balaban J connectivity index is 1.57. The van der Waals surface area contributed by atoms with Crippen LogP contribution in [0.4, 0.5) is 5.69 Å². The van der Waals surface area contributed by atoms with Crippen LogP contribution in [0.3, 0.4) is 0 Å². The molecule has 4 nitrogen and oxygen atoms in total. The highest BCUT2D eigenvalue weighted by atomic mass is 16.5. The maximum atomic E-state index is 12.1. The summed E-state index contributed by atoms with van der Waals surface area (Å²) in [7, 11) is 0. The molecule has 0 bridgehead atoms. The molecule has 1 aromatic rings. The van der Waals surface area contributed by atoms with Crippen molar-refractivity contribution in [2.45, 2.75) is 44.6 Å². The van der Waals surface area contributed by atoms with Gasteiger partial charge in [0.05, 0.1) is 11.5 Å². The van der Waals surface area contributed by atoms with Crippen molar-refractivity contribution < 1.29 is 9.53 Å². The van der Waals surface area contributed by atoms with Crippen molar-refractivity contribution in [2.24, 2.45) is 11.1 Å². The van der Waals surface area contributed by atoms with Gasteiger partial charge in [0, 0.05) is 12.2 Å². The van der Waals surface area contributed by atoms with Gasteiger partial charge in [0.25, 0.3) is 0 Å². The van der Waals surface area contributed by atoms with Crippen molar-refractivity contribution in [3.8, 4) is 5.75 Å². The zero-order valence-electron chi connectivity index (χ0n) is 11.7. The van der Waals surface area contributed by atoms with E-state index in [0.717, 1.165) is 37.1 Å². The quantitative estimate of drug-likeness (QED) is 0.867. The first-order chi connectivity index (χ1) is 9.72. The number of anilines is 1. The lowest BCUT2D eigenvalue weighted by molar-refractivity contribution is -0.120. The summed E-state index contributed by atoms with van der Waals surface area (Å²) >= 11 is 0. The average Bonchev–Trinajstić information content (AvgIpc) is 3.12. The third-order valence-electron chi connectivity index (χ3n) is 4.44. The molecule has 2 aliphatic rings. The van der Waals surface area contributed by atoms with E-state index >= 15 is 0 Å². The second-order valence-corrected chi connectivity index (χ2v) is 5.99. The molecule has 0 atom stereocenters. The van der Waals surface area contributed by atoms with Gasteiger partial charge in [-0.15, -0.1) is 0 Å². The molecule has 4 heteroatoms. The zero-order chi connectivity index (χ0) is 14.0. The number of amides is 1. The highest BCUT2D eigenvalue weighted by molar-refractivity contribution is 5.97. The van der Waals surface area contributed by atoms with E-state index in [4.69, 9.17) is 10.5 Å². The Hall–Kier alpha value is -1.55. The van der Waals surface area contributed by atoms with Crippen molar-refractivity contribution in [3.63, 3.8) is 0 Å². The van der Waals surface area contributed by atoms with E-state index in [9.17, 15) is 4.79 Å². The highest BCUT2D eigenvalue weighted by Gasteiger charge is 2.48. The van der Waals surface area contributed by atoms with Gasteiger partial charge in [-0.25, -0.2) is 0 Å². The van der Waals surface area contributed by atoms with Gasteiger partial charge in [-0.2, -0.15) is 0 Å². The summed E-state index contributed by atoms with van der Waals surface area (Å²) < 4.78 is 5.90. The van der Waals surface area contributed by atoms with Crippen LogP contribution in [-0.4, -0.2) is 18.6 Å². The van der Waals surface area contributed by atoms with Gasteiger partial charge in [-0.05, 0) is 62.8 Å². The predicted octanol–water partition coefficient (Wildman–Crippen LogP) is 2.69. The van der Waals surface area contributed by atoms with Crippen LogP contribution in [-0.2, 0) is 4.79 Å². The van der Waals surface area contributed by atoms with Crippen molar-refractivity contribution in [1.29, 1.82) is 0 Å². The van der Waals surface area contributed by atoms with Gasteiger partial charge in [-0.1, -0.05) is 0 Å². The Morgan fingerprint density at radius 1 is 1.25 bits per heavy atom. The molecular formula is C16H22N2O2. The van der Waals surface area contributed by atoms with Crippen LogP contribution in [0.1, 0.15) is 38.5 Å². The molecule has 1 amide bonds. The Bertz CT molecular complexity index is 474. The second-order valence-electron chi connectivity index (χ2n) is 5.99. The predicted molar refractivity (Wildman–Crippen MR) is 78.7 cm³/mol. The van der Waals surface area contributed by atoms with Crippen LogP contribution in [0.15, 0.2) is 24.3 Å². The molecule has 0 radical (unpaired) electrons. The van der Waals surface area contributed by atoms with E-state index in [0.29, 0.717) is 12.6 Å². The monoisotopic (exact) mass is 274 g/mol. The number of ether oxygens (including phenoxy) is 1. The first kappa shape index (κ1) is 13.4. The molecule has 108 valence electrons. The second kappa shape index (κ2) is 5.44. The van der Waals surface area contributed by atoms with E-state index in [-0.39, 0.29) is 11.3 Å². The third-order valence-corrected chi connectivity index (χ3v) is 4.44. The van der Waals surface area contributed by atoms with Gasteiger partial charge < -0.3 is 15.8 Å².